The molecule has 1 unspecified atom stereocenters. The Bertz CT molecular complexity index is 301. The SMILES string of the molecule is CC1(C(=O)N(CC2CC2)C2CC2)CCCCN1. The number of nitrogens with zero attached hydrogens (tertiary/aromatic N) is 1. The van der Waals surface area contributed by atoms with Gasteiger partial charge >= 0.3 is 0 Å². The third-order valence-corrected chi connectivity index (χ3v) is 4.49. The highest BCUT2D eigenvalue weighted by atomic mass is 16.2. The number of hydrogen-bond donors (Lipinski definition) is 1. The topological polar surface area (TPSA) is 32.3 Å². The van der Waals surface area contributed by atoms with Gasteiger partial charge in [-0.25, -0.2) is 0 Å². The Balaban J connectivity index is 1.68. The van der Waals surface area contributed by atoms with Crippen molar-refractivity contribution >= 4 is 5.91 Å². The zero-order valence-electron chi connectivity index (χ0n) is 10.9. The normalized spacial score (nSPS) is 33.5. The Morgan fingerprint density at radius 2 is 2.06 bits per heavy atom. The summed E-state index contributed by atoms with van der Waals surface area (Å²) in [5, 5.41) is 3.46. The quantitative estimate of drug-likeness (QED) is 0.809. The summed E-state index contributed by atoms with van der Waals surface area (Å²) in [5.41, 5.74) is -0.268. The highest BCUT2D eigenvalue weighted by molar-refractivity contribution is 5.86. The van der Waals surface area contributed by atoms with Gasteiger partial charge in [-0.15, -0.1) is 0 Å². The van der Waals surface area contributed by atoms with Crippen LogP contribution in [-0.2, 0) is 4.79 Å². The fraction of sp³-hybridized carbons (Fsp3) is 0.929. The van der Waals surface area contributed by atoms with Crippen LogP contribution in [0.25, 0.3) is 0 Å². The standard InChI is InChI=1S/C14H24N2O/c1-14(8-2-3-9-15-14)13(17)16(12-6-7-12)10-11-4-5-11/h11-12,15H,2-10H2,1H3. The molecule has 2 saturated carbocycles. The summed E-state index contributed by atoms with van der Waals surface area (Å²) in [7, 11) is 0. The van der Waals surface area contributed by atoms with Crippen LogP contribution in [-0.4, -0.2) is 35.5 Å². The van der Waals surface area contributed by atoms with Crippen molar-refractivity contribution in [1.82, 2.24) is 10.2 Å². The number of amides is 1. The second kappa shape index (κ2) is 4.27. The molecular weight excluding hydrogens is 212 g/mol. The highest BCUT2D eigenvalue weighted by Gasteiger charge is 2.44. The van der Waals surface area contributed by atoms with Crippen LogP contribution in [0.2, 0.25) is 0 Å². The Morgan fingerprint density at radius 1 is 1.29 bits per heavy atom. The number of carbonyl (C=O) groups excluding carboxylic acids is 1. The van der Waals surface area contributed by atoms with Crippen LogP contribution in [0.4, 0.5) is 0 Å². The minimum Gasteiger partial charge on any atom is -0.338 e. The third kappa shape index (κ3) is 2.49. The van der Waals surface area contributed by atoms with E-state index in [9.17, 15) is 4.79 Å². The van der Waals surface area contributed by atoms with Gasteiger partial charge in [-0.2, -0.15) is 0 Å². The summed E-state index contributed by atoms with van der Waals surface area (Å²) in [6.45, 7) is 4.14. The first-order chi connectivity index (χ1) is 8.19. The summed E-state index contributed by atoms with van der Waals surface area (Å²) in [5.74, 6) is 1.19. The molecule has 0 aromatic carbocycles. The van der Waals surface area contributed by atoms with Gasteiger partial charge in [0.05, 0.1) is 5.54 Å². The van der Waals surface area contributed by atoms with Crippen molar-refractivity contribution < 1.29 is 4.79 Å². The molecule has 1 saturated heterocycles. The van der Waals surface area contributed by atoms with Gasteiger partial charge in [-0.3, -0.25) is 4.79 Å². The molecule has 2 aliphatic carbocycles. The minimum atomic E-state index is -0.268. The van der Waals surface area contributed by atoms with Gasteiger partial charge in [0.25, 0.3) is 0 Å². The zero-order chi connectivity index (χ0) is 11.9. The van der Waals surface area contributed by atoms with E-state index >= 15 is 0 Å². The van der Waals surface area contributed by atoms with Crippen LogP contribution >= 0.6 is 0 Å². The molecule has 3 rings (SSSR count). The van der Waals surface area contributed by atoms with Crippen molar-refractivity contribution in [2.75, 3.05) is 13.1 Å². The largest absolute Gasteiger partial charge is 0.338 e. The van der Waals surface area contributed by atoms with Gasteiger partial charge in [-0.05, 0) is 64.3 Å². The maximum atomic E-state index is 12.7. The van der Waals surface area contributed by atoms with Crippen LogP contribution in [0.5, 0.6) is 0 Å². The number of rotatable bonds is 4. The molecule has 96 valence electrons. The van der Waals surface area contributed by atoms with E-state index in [0.717, 1.165) is 25.4 Å². The predicted octanol–water partition coefficient (Wildman–Crippen LogP) is 1.92. The number of nitrogens with one attached hydrogen (secondary N) is 1. The number of piperidine rings is 1. The lowest BCUT2D eigenvalue weighted by molar-refractivity contribution is -0.139. The molecule has 3 nitrogen and oxygen atoms in total. The van der Waals surface area contributed by atoms with Gasteiger partial charge in [0.15, 0.2) is 0 Å². The van der Waals surface area contributed by atoms with Crippen molar-refractivity contribution in [2.45, 2.75) is 63.5 Å². The van der Waals surface area contributed by atoms with Crippen molar-refractivity contribution in [3.05, 3.63) is 0 Å². The maximum absolute atomic E-state index is 12.7. The summed E-state index contributed by atoms with van der Waals surface area (Å²) in [4.78, 5) is 14.9. The van der Waals surface area contributed by atoms with E-state index in [0.29, 0.717) is 11.9 Å². The van der Waals surface area contributed by atoms with E-state index in [1.54, 1.807) is 0 Å². The average Bonchev–Trinajstić information content (AvgIpc) is 3.17. The fourth-order valence-corrected chi connectivity index (χ4v) is 2.92. The molecule has 17 heavy (non-hydrogen) atoms. The molecule has 0 spiro atoms. The number of carbonyl (C=O) groups is 1. The van der Waals surface area contributed by atoms with Gasteiger partial charge in [0.2, 0.25) is 5.91 Å². The third-order valence-electron chi connectivity index (χ3n) is 4.49. The van der Waals surface area contributed by atoms with Gasteiger partial charge in [0.1, 0.15) is 0 Å². The minimum absolute atomic E-state index is 0.268. The van der Waals surface area contributed by atoms with Gasteiger partial charge < -0.3 is 10.2 Å². The molecule has 1 aliphatic heterocycles. The lowest BCUT2D eigenvalue weighted by Crippen LogP contribution is -2.58. The second-order valence-corrected chi connectivity index (χ2v) is 6.35. The molecule has 3 aliphatic rings. The predicted molar refractivity (Wildman–Crippen MR) is 67.7 cm³/mol. The highest BCUT2D eigenvalue weighted by Crippen LogP contribution is 2.36. The number of hydrogen-bond acceptors (Lipinski definition) is 2. The van der Waals surface area contributed by atoms with Crippen LogP contribution in [0, 0.1) is 5.92 Å². The van der Waals surface area contributed by atoms with Crippen LogP contribution in [0.1, 0.15) is 51.9 Å². The Labute approximate surface area is 104 Å². The summed E-state index contributed by atoms with van der Waals surface area (Å²) < 4.78 is 0. The molecule has 3 heteroatoms. The smallest absolute Gasteiger partial charge is 0.242 e. The molecule has 1 atom stereocenters. The summed E-state index contributed by atoms with van der Waals surface area (Å²) in [6.07, 6.45) is 8.55. The maximum Gasteiger partial charge on any atom is 0.242 e. The van der Waals surface area contributed by atoms with Crippen molar-refractivity contribution in [3.8, 4) is 0 Å². The van der Waals surface area contributed by atoms with Gasteiger partial charge in [0, 0.05) is 12.6 Å². The molecule has 0 aromatic rings. The molecule has 3 fully saturated rings. The Morgan fingerprint density at radius 3 is 2.59 bits per heavy atom. The van der Waals surface area contributed by atoms with E-state index in [-0.39, 0.29) is 5.54 Å². The summed E-state index contributed by atoms with van der Waals surface area (Å²) in [6, 6.07) is 0.573. The first-order valence-electron chi connectivity index (χ1n) is 7.25. The molecule has 1 heterocycles. The van der Waals surface area contributed by atoms with Crippen LogP contribution in [0.3, 0.4) is 0 Å². The lowest BCUT2D eigenvalue weighted by atomic mass is 9.89. The molecule has 0 bridgehead atoms. The molecule has 1 amide bonds. The summed E-state index contributed by atoms with van der Waals surface area (Å²) >= 11 is 0. The molecule has 0 aromatic heterocycles. The van der Waals surface area contributed by atoms with E-state index < -0.39 is 0 Å². The van der Waals surface area contributed by atoms with E-state index in [1.165, 1.54) is 38.5 Å². The molecular formula is C14H24N2O. The molecule has 0 radical (unpaired) electrons. The Hall–Kier alpha value is -0.570. The van der Waals surface area contributed by atoms with E-state index in [1.807, 2.05) is 0 Å². The molecule has 1 N–H and O–H groups in total. The van der Waals surface area contributed by atoms with E-state index in [2.05, 4.69) is 17.1 Å². The van der Waals surface area contributed by atoms with Crippen molar-refractivity contribution in [3.63, 3.8) is 0 Å². The lowest BCUT2D eigenvalue weighted by Gasteiger charge is -2.38. The van der Waals surface area contributed by atoms with E-state index in [4.69, 9.17) is 0 Å². The zero-order valence-corrected chi connectivity index (χ0v) is 10.9. The Kier molecular flexibility index (Phi) is 2.89. The van der Waals surface area contributed by atoms with Crippen molar-refractivity contribution in [1.29, 1.82) is 0 Å². The monoisotopic (exact) mass is 236 g/mol. The average molecular weight is 236 g/mol. The first kappa shape index (κ1) is 11.5. The fourth-order valence-electron chi connectivity index (χ4n) is 2.92. The second-order valence-electron chi connectivity index (χ2n) is 6.35. The van der Waals surface area contributed by atoms with Gasteiger partial charge in [-0.1, -0.05) is 0 Å². The van der Waals surface area contributed by atoms with Crippen LogP contribution < -0.4 is 5.32 Å². The van der Waals surface area contributed by atoms with Crippen molar-refractivity contribution in [2.24, 2.45) is 5.92 Å². The van der Waals surface area contributed by atoms with Crippen LogP contribution in [0.15, 0.2) is 0 Å². The first-order valence-corrected chi connectivity index (χ1v) is 7.25.